The third-order valence-electron chi connectivity index (χ3n) is 1.26. The van der Waals surface area contributed by atoms with Gasteiger partial charge in [0.25, 0.3) is 5.91 Å². The number of amides is 1. The highest BCUT2D eigenvalue weighted by atomic mass is 16.7. The van der Waals surface area contributed by atoms with Crippen LogP contribution in [-0.4, -0.2) is 29.3 Å². The summed E-state index contributed by atoms with van der Waals surface area (Å²) in [7, 11) is 0. The Morgan fingerprint density at radius 1 is 1.46 bits per heavy atom. The van der Waals surface area contributed by atoms with Crippen molar-refractivity contribution in [1.29, 1.82) is 0 Å². The van der Waals surface area contributed by atoms with Crippen molar-refractivity contribution in [3.05, 3.63) is 0 Å². The molecule has 0 heterocycles. The van der Waals surface area contributed by atoms with Crippen molar-refractivity contribution in [1.82, 2.24) is 0 Å². The molecule has 0 spiro atoms. The zero-order valence-electron chi connectivity index (χ0n) is 7.98. The molecule has 0 saturated carbocycles. The summed E-state index contributed by atoms with van der Waals surface area (Å²) in [5.41, 5.74) is 10.2. The standard InChI is InChI=1S/C7H16N2O4/c1-4(2)12-7(9,5(3)10)13-6(8)11/h4-5,10H,9H2,1-3H3,(H2,8,11). The van der Waals surface area contributed by atoms with Gasteiger partial charge in [-0.25, -0.2) is 4.79 Å². The first-order valence-electron chi connectivity index (χ1n) is 3.91. The van der Waals surface area contributed by atoms with Gasteiger partial charge in [0.1, 0.15) is 6.10 Å². The molecule has 0 aromatic carbocycles. The molecule has 0 saturated heterocycles. The van der Waals surface area contributed by atoms with Gasteiger partial charge in [-0.05, 0) is 20.8 Å². The van der Waals surface area contributed by atoms with Crippen LogP contribution in [-0.2, 0) is 9.47 Å². The number of nitrogens with two attached hydrogens (primary N) is 2. The molecular weight excluding hydrogens is 176 g/mol. The van der Waals surface area contributed by atoms with Crippen molar-refractivity contribution in [3.63, 3.8) is 0 Å². The van der Waals surface area contributed by atoms with Gasteiger partial charge in [-0.1, -0.05) is 0 Å². The van der Waals surface area contributed by atoms with E-state index in [-0.39, 0.29) is 6.10 Å². The molecule has 78 valence electrons. The zero-order chi connectivity index (χ0) is 10.6. The second-order valence-electron chi connectivity index (χ2n) is 2.99. The van der Waals surface area contributed by atoms with Gasteiger partial charge in [0, 0.05) is 0 Å². The Kier molecular flexibility index (Phi) is 4.12. The van der Waals surface area contributed by atoms with Gasteiger partial charge in [0.15, 0.2) is 0 Å². The van der Waals surface area contributed by atoms with Crippen LogP contribution in [0.4, 0.5) is 4.79 Å². The van der Waals surface area contributed by atoms with Crippen LogP contribution in [0.25, 0.3) is 0 Å². The van der Waals surface area contributed by atoms with Gasteiger partial charge in [-0.3, -0.25) is 5.73 Å². The molecule has 0 aromatic rings. The Morgan fingerprint density at radius 3 is 2.15 bits per heavy atom. The Hall–Kier alpha value is -0.850. The maximum absolute atomic E-state index is 10.4. The molecule has 0 rings (SSSR count). The summed E-state index contributed by atoms with van der Waals surface area (Å²) in [6.07, 6.45) is -2.55. The monoisotopic (exact) mass is 192 g/mol. The fourth-order valence-corrected chi connectivity index (χ4v) is 0.733. The summed E-state index contributed by atoms with van der Waals surface area (Å²) in [5.74, 6) is -1.88. The van der Waals surface area contributed by atoms with E-state index in [9.17, 15) is 9.90 Å². The third kappa shape index (κ3) is 4.07. The van der Waals surface area contributed by atoms with Gasteiger partial charge in [-0.2, -0.15) is 0 Å². The van der Waals surface area contributed by atoms with Crippen LogP contribution in [0.1, 0.15) is 20.8 Å². The number of hydrogen-bond acceptors (Lipinski definition) is 5. The minimum atomic E-state index is -1.88. The lowest BCUT2D eigenvalue weighted by Gasteiger charge is -2.32. The molecular formula is C7H16N2O4. The highest BCUT2D eigenvalue weighted by molar-refractivity contribution is 5.65. The fourth-order valence-electron chi connectivity index (χ4n) is 0.733. The number of primary amides is 1. The average molecular weight is 192 g/mol. The van der Waals surface area contributed by atoms with E-state index in [1.54, 1.807) is 13.8 Å². The van der Waals surface area contributed by atoms with Crippen LogP contribution in [0.2, 0.25) is 0 Å². The fraction of sp³-hybridized carbons (Fsp3) is 0.857. The molecule has 0 bridgehead atoms. The Labute approximate surface area is 76.8 Å². The normalized spacial score (nSPS) is 18.0. The number of ether oxygens (including phenoxy) is 2. The van der Waals surface area contributed by atoms with Crippen molar-refractivity contribution in [2.45, 2.75) is 38.9 Å². The first-order chi connectivity index (χ1) is 5.78. The molecule has 1 amide bonds. The quantitative estimate of drug-likeness (QED) is 0.520. The van der Waals surface area contributed by atoms with Crippen molar-refractivity contribution < 1.29 is 19.4 Å². The molecule has 0 aliphatic rings. The van der Waals surface area contributed by atoms with Gasteiger partial charge >= 0.3 is 6.09 Å². The molecule has 5 N–H and O–H groups in total. The van der Waals surface area contributed by atoms with Crippen molar-refractivity contribution in [2.24, 2.45) is 11.5 Å². The van der Waals surface area contributed by atoms with Gasteiger partial charge < -0.3 is 20.3 Å². The van der Waals surface area contributed by atoms with E-state index in [2.05, 4.69) is 4.74 Å². The second-order valence-corrected chi connectivity index (χ2v) is 2.99. The smallest absolute Gasteiger partial charge is 0.400 e. The molecule has 6 heteroatoms. The van der Waals surface area contributed by atoms with Crippen LogP contribution in [0.3, 0.4) is 0 Å². The Morgan fingerprint density at radius 2 is 1.92 bits per heavy atom. The SMILES string of the molecule is CC(C)OC(N)(OC(N)=O)C(C)O. The minimum Gasteiger partial charge on any atom is -0.400 e. The number of aliphatic hydroxyl groups excluding tert-OH is 1. The third-order valence-corrected chi connectivity index (χ3v) is 1.26. The Balaban J connectivity index is 4.43. The zero-order valence-corrected chi connectivity index (χ0v) is 7.98. The van der Waals surface area contributed by atoms with Crippen LogP contribution < -0.4 is 11.5 Å². The summed E-state index contributed by atoms with van der Waals surface area (Å²) in [6, 6.07) is 0. The first kappa shape index (κ1) is 12.2. The summed E-state index contributed by atoms with van der Waals surface area (Å²) < 4.78 is 9.47. The summed E-state index contributed by atoms with van der Waals surface area (Å²) in [6.45, 7) is 4.72. The number of rotatable bonds is 4. The lowest BCUT2D eigenvalue weighted by molar-refractivity contribution is -0.260. The van der Waals surface area contributed by atoms with Crippen LogP contribution >= 0.6 is 0 Å². The van der Waals surface area contributed by atoms with E-state index in [0.717, 1.165) is 0 Å². The molecule has 0 fully saturated rings. The number of carbonyl (C=O) groups excluding carboxylic acids is 1. The van der Waals surface area contributed by atoms with E-state index < -0.39 is 18.1 Å². The van der Waals surface area contributed by atoms with Crippen LogP contribution in [0.15, 0.2) is 0 Å². The maximum atomic E-state index is 10.4. The molecule has 6 nitrogen and oxygen atoms in total. The van der Waals surface area contributed by atoms with E-state index >= 15 is 0 Å². The lowest BCUT2D eigenvalue weighted by atomic mass is 10.3. The highest BCUT2D eigenvalue weighted by Crippen LogP contribution is 2.13. The van der Waals surface area contributed by atoms with E-state index in [4.69, 9.17) is 16.2 Å². The number of aliphatic hydroxyl groups is 1. The number of carbonyl (C=O) groups is 1. The van der Waals surface area contributed by atoms with Crippen LogP contribution in [0, 0.1) is 0 Å². The summed E-state index contributed by atoms with van der Waals surface area (Å²) in [5, 5.41) is 9.19. The lowest BCUT2D eigenvalue weighted by Crippen LogP contribution is -2.57. The number of hydrogen-bond donors (Lipinski definition) is 3. The molecule has 13 heavy (non-hydrogen) atoms. The summed E-state index contributed by atoms with van der Waals surface area (Å²) in [4.78, 5) is 10.4. The van der Waals surface area contributed by atoms with E-state index in [0.29, 0.717) is 0 Å². The Bertz CT molecular complexity index is 183. The van der Waals surface area contributed by atoms with Gasteiger partial charge in [0.2, 0.25) is 0 Å². The second kappa shape index (κ2) is 4.40. The molecule has 0 aliphatic heterocycles. The van der Waals surface area contributed by atoms with Gasteiger partial charge in [-0.15, -0.1) is 0 Å². The predicted octanol–water partition coefficient (Wildman–Crippen LogP) is -0.500. The van der Waals surface area contributed by atoms with Gasteiger partial charge in [0.05, 0.1) is 6.10 Å². The van der Waals surface area contributed by atoms with Crippen molar-refractivity contribution in [2.75, 3.05) is 0 Å². The van der Waals surface area contributed by atoms with E-state index in [1.807, 2.05) is 0 Å². The molecule has 2 atom stereocenters. The summed E-state index contributed by atoms with van der Waals surface area (Å²) >= 11 is 0. The van der Waals surface area contributed by atoms with Crippen molar-refractivity contribution >= 4 is 6.09 Å². The maximum Gasteiger partial charge on any atom is 0.408 e. The molecule has 0 aromatic heterocycles. The highest BCUT2D eigenvalue weighted by Gasteiger charge is 2.37. The minimum absolute atomic E-state index is 0.293. The molecule has 0 radical (unpaired) electrons. The first-order valence-corrected chi connectivity index (χ1v) is 3.91. The molecule has 2 unspecified atom stereocenters. The largest absolute Gasteiger partial charge is 0.408 e. The van der Waals surface area contributed by atoms with Crippen LogP contribution in [0.5, 0.6) is 0 Å². The predicted molar refractivity (Wildman–Crippen MR) is 45.5 cm³/mol. The van der Waals surface area contributed by atoms with E-state index in [1.165, 1.54) is 6.92 Å². The topological polar surface area (TPSA) is 108 Å². The van der Waals surface area contributed by atoms with Crippen molar-refractivity contribution in [3.8, 4) is 0 Å². The average Bonchev–Trinajstić information content (AvgIpc) is 1.82. The molecule has 0 aliphatic carbocycles.